The van der Waals surface area contributed by atoms with Crippen LogP contribution in [0.3, 0.4) is 0 Å². The number of hydrogen-bond acceptors (Lipinski definition) is 5. The van der Waals surface area contributed by atoms with Gasteiger partial charge < -0.3 is 4.42 Å². The van der Waals surface area contributed by atoms with Crippen LogP contribution in [0.5, 0.6) is 0 Å². The summed E-state index contributed by atoms with van der Waals surface area (Å²) in [7, 11) is 0. The van der Waals surface area contributed by atoms with Crippen molar-refractivity contribution >= 4 is 16.6 Å². The summed E-state index contributed by atoms with van der Waals surface area (Å²) in [6.45, 7) is 0. The Kier molecular flexibility index (Phi) is 3.45. The number of fused-ring (bicyclic) bond motifs is 2. The fourth-order valence-electron chi connectivity index (χ4n) is 3.30. The molecule has 6 nitrogen and oxygen atoms in total. The summed E-state index contributed by atoms with van der Waals surface area (Å²) in [6, 6.07) is 12.1. The van der Waals surface area contributed by atoms with Crippen molar-refractivity contribution in [3.05, 3.63) is 79.0 Å². The maximum atomic E-state index is 5.49. The molecule has 26 heavy (non-hydrogen) atoms. The van der Waals surface area contributed by atoms with E-state index >= 15 is 0 Å². The first-order chi connectivity index (χ1) is 12.9. The molecule has 4 aromatic heterocycles. The molecular formula is C20H15N5O. The van der Waals surface area contributed by atoms with Crippen molar-refractivity contribution in [1.29, 1.82) is 0 Å². The van der Waals surface area contributed by atoms with Crippen LogP contribution in [0.25, 0.3) is 27.7 Å². The highest BCUT2D eigenvalue weighted by atomic mass is 16.3. The molecule has 0 saturated heterocycles. The number of furan rings is 1. The zero-order chi connectivity index (χ0) is 17.3. The van der Waals surface area contributed by atoms with Gasteiger partial charge in [0.05, 0.1) is 6.26 Å². The minimum atomic E-state index is 0.784. The second kappa shape index (κ2) is 6.07. The van der Waals surface area contributed by atoms with Gasteiger partial charge in [-0.25, -0.2) is 4.98 Å². The Balaban J connectivity index is 1.51. The first kappa shape index (κ1) is 14.8. The molecule has 0 amide bonds. The molecule has 4 heterocycles. The summed E-state index contributed by atoms with van der Waals surface area (Å²) in [6.07, 6.45) is 10.5. The Hall–Kier alpha value is -3.54. The van der Waals surface area contributed by atoms with Gasteiger partial charge in [0.15, 0.2) is 5.65 Å². The Morgan fingerprint density at radius 2 is 2.00 bits per heavy atom. The van der Waals surface area contributed by atoms with Gasteiger partial charge in [-0.15, -0.1) is 10.2 Å². The molecule has 6 heteroatoms. The van der Waals surface area contributed by atoms with Crippen LogP contribution in [-0.4, -0.2) is 24.6 Å². The summed E-state index contributed by atoms with van der Waals surface area (Å²) in [4.78, 5) is 8.85. The van der Waals surface area contributed by atoms with E-state index in [1.807, 2.05) is 47.1 Å². The van der Waals surface area contributed by atoms with Crippen molar-refractivity contribution in [1.82, 2.24) is 24.6 Å². The van der Waals surface area contributed by atoms with Crippen molar-refractivity contribution in [2.75, 3.05) is 0 Å². The molecule has 0 N–H and O–H groups in total. The van der Waals surface area contributed by atoms with Gasteiger partial charge in [-0.1, -0.05) is 18.2 Å². The second-order valence-corrected chi connectivity index (χ2v) is 6.10. The average molecular weight is 341 g/mol. The highest BCUT2D eigenvalue weighted by Crippen LogP contribution is 2.24. The van der Waals surface area contributed by atoms with Crippen LogP contribution in [0.4, 0.5) is 0 Å². The van der Waals surface area contributed by atoms with E-state index in [4.69, 9.17) is 4.42 Å². The van der Waals surface area contributed by atoms with E-state index in [0.717, 1.165) is 46.4 Å². The Labute approximate surface area is 149 Å². The van der Waals surface area contributed by atoms with Crippen LogP contribution in [0.15, 0.2) is 72.0 Å². The van der Waals surface area contributed by atoms with Crippen LogP contribution >= 0.6 is 0 Å². The molecule has 0 radical (unpaired) electrons. The van der Waals surface area contributed by atoms with Gasteiger partial charge in [0.25, 0.3) is 0 Å². The second-order valence-electron chi connectivity index (χ2n) is 6.10. The number of hydrogen-bond donors (Lipinski definition) is 0. The summed E-state index contributed by atoms with van der Waals surface area (Å²) < 4.78 is 7.44. The lowest BCUT2D eigenvalue weighted by atomic mass is 10.1. The molecule has 0 fully saturated rings. The molecule has 0 unspecified atom stereocenters. The molecular weight excluding hydrogens is 326 g/mol. The zero-order valence-electron chi connectivity index (χ0n) is 13.9. The largest absolute Gasteiger partial charge is 0.464 e. The van der Waals surface area contributed by atoms with E-state index in [1.54, 1.807) is 18.8 Å². The van der Waals surface area contributed by atoms with E-state index in [2.05, 4.69) is 26.2 Å². The Morgan fingerprint density at radius 3 is 2.92 bits per heavy atom. The van der Waals surface area contributed by atoms with Gasteiger partial charge in [0, 0.05) is 41.5 Å². The number of pyridine rings is 1. The molecule has 0 aliphatic rings. The van der Waals surface area contributed by atoms with E-state index in [-0.39, 0.29) is 0 Å². The lowest BCUT2D eigenvalue weighted by molar-refractivity contribution is 0.615. The predicted octanol–water partition coefficient (Wildman–Crippen LogP) is 3.72. The standard InChI is InChI=1S/C20H15N5O/c1-3-14(16-8-10-26-18(16)5-1)6-7-19-22-12-17(15-4-2-9-21-11-15)20-24-23-13-25(19)20/h1-5,8-13H,6-7H2. The summed E-state index contributed by atoms with van der Waals surface area (Å²) in [5.74, 6) is 0.929. The van der Waals surface area contributed by atoms with Crippen LogP contribution < -0.4 is 0 Å². The lowest BCUT2D eigenvalue weighted by Crippen LogP contribution is -2.04. The zero-order valence-corrected chi connectivity index (χ0v) is 13.9. The lowest BCUT2D eigenvalue weighted by Gasteiger charge is -2.08. The molecule has 0 spiro atoms. The van der Waals surface area contributed by atoms with Crippen molar-refractivity contribution < 1.29 is 4.42 Å². The number of benzene rings is 1. The van der Waals surface area contributed by atoms with Crippen LogP contribution in [0.2, 0.25) is 0 Å². The van der Waals surface area contributed by atoms with Crippen molar-refractivity contribution in [2.24, 2.45) is 0 Å². The maximum Gasteiger partial charge on any atom is 0.171 e. The monoisotopic (exact) mass is 341 g/mol. The van der Waals surface area contributed by atoms with Gasteiger partial charge in [-0.3, -0.25) is 9.38 Å². The number of nitrogens with zero attached hydrogens (tertiary/aromatic N) is 5. The number of aryl methyl sites for hydroxylation is 2. The molecule has 0 saturated carbocycles. The van der Waals surface area contributed by atoms with Gasteiger partial charge in [-0.05, 0) is 30.2 Å². The highest BCUT2D eigenvalue weighted by Gasteiger charge is 2.12. The first-order valence-electron chi connectivity index (χ1n) is 8.43. The molecule has 0 aliphatic carbocycles. The predicted molar refractivity (Wildman–Crippen MR) is 97.6 cm³/mol. The number of aromatic nitrogens is 5. The first-order valence-corrected chi connectivity index (χ1v) is 8.43. The topological polar surface area (TPSA) is 69.1 Å². The smallest absolute Gasteiger partial charge is 0.171 e. The molecule has 1 aromatic carbocycles. The average Bonchev–Trinajstić information content (AvgIpc) is 3.36. The fourth-order valence-corrected chi connectivity index (χ4v) is 3.30. The van der Waals surface area contributed by atoms with E-state index in [9.17, 15) is 0 Å². The highest BCUT2D eigenvalue weighted by molar-refractivity contribution is 5.81. The van der Waals surface area contributed by atoms with Crippen molar-refractivity contribution in [3.63, 3.8) is 0 Å². The van der Waals surface area contributed by atoms with Crippen molar-refractivity contribution in [3.8, 4) is 11.1 Å². The molecule has 5 aromatic rings. The fraction of sp³-hybridized carbons (Fsp3) is 0.100. The molecule has 5 rings (SSSR count). The normalized spacial score (nSPS) is 11.4. The van der Waals surface area contributed by atoms with E-state index < -0.39 is 0 Å². The third-order valence-electron chi connectivity index (χ3n) is 4.59. The Morgan fingerprint density at radius 1 is 1.00 bits per heavy atom. The maximum absolute atomic E-state index is 5.49. The summed E-state index contributed by atoms with van der Waals surface area (Å²) in [5.41, 5.74) is 4.86. The summed E-state index contributed by atoms with van der Waals surface area (Å²) >= 11 is 0. The quantitative estimate of drug-likeness (QED) is 0.498. The van der Waals surface area contributed by atoms with Gasteiger partial charge >= 0.3 is 0 Å². The third kappa shape index (κ3) is 2.43. The third-order valence-corrected chi connectivity index (χ3v) is 4.59. The van der Waals surface area contributed by atoms with Crippen LogP contribution in [0, 0.1) is 0 Å². The van der Waals surface area contributed by atoms with E-state index in [0.29, 0.717) is 0 Å². The minimum absolute atomic E-state index is 0.784. The van der Waals surface area contributed by atoms with Gasteiger partial charge in [0.2, 0.25) is 0 Å². The summed E-state index contributed by atoms with van der Waals surface area (Å²) in [5, 5.41) is 9.52. The van der Waals surface area contributed by atoms with Crippen LogP contribution in [-0.2, 0) is 12.8 Å². The number of rotatable bonds is 4. The minimum Gasteiger partial charge on any atom is -0.464 e. The van der Waals surface area contributed by atoms with Crippen molar-refractivity contribution in [2.45, 2.75) is 12.8 Å². The SMILES string of the molecule is c1cncc(-c2cnc(CCc3cccc4occc34)n3cnnc23)c1. The molecule has 0 aliphatic heterocycles. The molecule has 0 atom stereocenters. The van der Waals surface area contributed by atoms with E-state index in [1.165, 1.54) is 5.56 Å². The van der Waals surface area contributed by atoms with Crippen LogP contribution in [0.1, 0.15) is 11.4 Å². The molecule has 0 bridgehead atoms. The van der Waals surface area contributed by atoms with Gasteiger partial charge in [-0.2, -0.15) is 0 Å². The molecule has 126 valence electrons. The Bertz CT molecular complexity index is 1190. The van der Waals surface area contributed by atoms with Gasteiger partial charge in [0.1, 0.15) is 17.7 Å².